The van der Waals surface area contributed by atoms with Gasteiger partial charge in [0.15, 0.2) is 6.10 Å². The molecule has 0 saturated carbocycles. The Hall–Kier alpha value is -3.61. The fraction of sp³-hybridized carbons (Fsp3) is 0.250. The minimum Gasteiger partial charge on any atom is -0.451 e. The second-order valence-electron chi connectivity index (χ2n) is 6.84. The van der Waals surface area contributed by atoms with Crippen molar-refractivity contribution in [2.75, 3.05) is 22.5 Å². The van der Waals surface area contributed by atoms with Crippen molar-refractivity contribution < 1.29 is 37.2 Å². The van der Waals surface area contributed by atoms with E-state index in [1.54, 1.807) is 24.3 Å². The summed E-state index contributed by atoms with van der Waals surface area (Å²) in [6.45, 7) is 0.660. The van der Waals surface area contributed by atoms with E-state index in [9.17, 15) is 37.7 Å². The van der Waals surface area contributed by atoms with E-state index in [1.165, 1.54) is 16.7 Å². The molecule has 33 heavy (non-hydrogen) atoms. The number of amides is 2. The molecule has 1 unspecified atom stereocenters. The molecule has 1 atom stereocenters. The zero-order valence-electron chi connectivity index (χ0n) is 16.9. The summed E-state index contributed by atoms with van der Waals surface area (Å²) in [7, 11) is 0. The molecule has 0 aromatic heterocycles. The number of anilines is 2. The van der Waals surface area contributed by atoms with E-state index in [4.69, 9.17) is 4.74 Å². The molecular formula is C20H16F3N3O6S. The number of nitro groups is 1. The number of nitro benzene ring substituents is 1. The lowest BCUT2D eigenvalue weighted by Gasteiger charge is -2.28. The highest BCUT2D eigenvalue weighted by Gasteiger charge is 2.36. The lowest BCUT2D eigenvalue weighted by atomic mass is 10.1. The predicted octanol–water partition coefficient (Wildman–Crippen LogP) is 3.62. The average Bonchev–Trinajstić information content (AvgIpc) is 2.75. The summed E-state index contributed by atoms with van der Waals surface area (Å²) in [5.74, 6) is -2.25. The molecule has 0 fully saturated rings. The summed E-state index contributed by atoms with van der Waals surface area (Å²) in [4.78, 5) is 48.6. The van der Waals surface area contributed by atoms with Crippen LogP contribution >= 0.6 is 11.8 Å². The molecule has 174 valence electrons. The van der Waals surface area contributed by atoms with Crippen LogP contribution in [0.2, 0.25) is 0 Å². The molecule has 2 amide bonds. The Morgan fingerprint density at radius 3 is 2.64 bits per heavy atom. The summed E-state index contributed by atoms with van der Waals surface area (Å²) in [5, 5.41) is 12.7. The van der Waals surface area contributed by atoms with Crippen LogP contribution in [0, 0.1) is 10.1 Å². The largest absolute Gasteiger partial charge is 0.451 e. The maximum absolute atomic E-state index is 13.3. The number of nitrogens with one attached hydrogen (secondary N) is 1. The number of esters is 1. The first-order valence-electron chi connectivity index (χ1n) is 9.35. The Morgan fingerprint density at radius 2 is 1.97 bits per heavy atom. The van der Waals surface area contributed by atoms with Crippen molar-refractivity contribution in [3.05, 3.63) is 58.1 Å². The number of non-ortho nitro benzene ring substituents is 1. The van der Waals surface area contributed by atoms with E-state index in [0.29, 0.717) is 11.8 Å². The van der Waals surface area contributed by atoms with Crippen LogP contribution in [-0.4, -0.2) is 41.1 Å². The Balaban J connectivity index is 1.69. The third kappa shape index (κ3) is 5.61. The Kier molecular flexibility index (Phi) is 6.91. The number of fused-ring (bicyclic) bond motifs is 1. The summed E-state index contributed by atoms with van der Waals surface area (Å²) in [6.07, 6.45) is -6.48. The number of para-hydroxylation sites is 1. The van der Waals surface area contributed by atoms with Gasteiger partial charge < -0.3 is 10.1 Å². The number of nitrogens with zero attached hydrogens (tertiary/aromatic N) is 2. The minimum atomic E-state index is -4.98. The highest BCUT2D eigenvalue weighted by Crippen LogP contribution is 2.37. The Morgan fingerprint density at radius 1 is 1.27 bits per heavy atom. The van der Waals surface area contributed by atoms with Crippen molar-refractivity contribution in [3.8, 4) is 0 Å². The van der Waals surface area contributed by atoms with Gasteiger partial charge in [-0.15, -0.1) is 11.8 Å². The van der Waals surface area contributed by atoms with Crippen LogP contribution in [0.15, 0.2) is 47.4 Å². The van der Waals surface area contributed by atoms with Crippen molar-refractivity contribution in [2.45, 2.75) is 24.1 Å². The number of carbonyl (C=O) groups is 3. The van der Waals surface area contributed by atoms with Crippen LogP contribution in [-0.2, 0) is 25.3 Å². The van der Waals surface area contributed by atoms with Gasteiger partial charge in [-0.1, -0.05) is 12.1 Å². The van der Waals surface area contributed by atoms with E-state index in [2.05, 4.69) is 0 Å². The zero-order valence-corrected chi connectivity index (χ0v) is 17.7. The van der Waals surface area contributed by atoms with Crippen LogP contribution in [0.5, 0.6) is 0 Å². The molecule has 1 aliphatic heterocycles. The SMILES string of the molecule is CC(OC(=O)CN1C(=O)CSc2ccccc21)C(=O)Nc1ccc([N+](=O)[O-])cc1C(F)(F)F. The van der Waals surface area contributed by atoms with E-state index >= 15 is 0 Å². The van der Waals surface area contributed by atoms with E-state index in [-0.39, 0.29) is 11.7 Å². The predicted molar refractivity (Wildman–Crippen MR) is 112 cm³/mol. The van der Waals surface area contributed by atoms with E-state index in [1.807, 2.05) is 5.32 Å². The second kappa shape index (κ2) is 9.48. The number of thioether (sulfide) groups is 1. The van der Waals surface area contributed by atoms with Gasteiger partial charge in [0, 0.05) is 17.0 Å². The zero-order chi connectivity index (χ0) is 24.3. The number of rotatable bonds is 6. The first-order valence-corrected chi connectivity index (χ1v) is 10.3. The lowest BCUT2D eigenvalue weighted by molar-refractivity contribution is -0.385. The van der Waals surface area contributed by atoms with Crippen molar-refractivity contribution >= 4 is 46.6 Å². The molecule has 0 bridgehead atoms. The fourth-order valence-corrected chi connectivity index (χ4v) is 3.90. The van der Waals surface area contributed by atoms with E-state index < -0.39 is 52.6 Å². The molecule has 1 heterocycles. The van der Waals surface area contributed by atoms with Crippen molar-refractivity contribution in [2.24, 2.45) is 0 Å². The monoisotopic (exact) mass is 483 g/mol. The van der Waals surface area contributed by atoms with E-state index in [0.717, 1.165) is 24.0 Å². The quantitative estimate of drug-likeness (QED) is 0.379. The third-order valence-corrected chi connectivity index (χ3v) is 5.60. The molecule has 1 aliphatic rings. The van der Waals surface area contributed by atoms with Gasteiger partial charge in [0.25, 0.3) is 11.6 Å². The molecule has 13 heteroatoms. The molecule has 0 aliphatic carbocycles. The maximum Gasteiger partial charge on any atom is 0.418 e. The first kappa shape index (κ1) is 24.0. The van der Waals surface area contributed by atoms with Gasteiger partial charge in [0.2, 0.25) is 5.91 Å². The summed E-state index contributed by atoms with van der Waals surface area (Å²) in [5.41, 5.74) is -2.44. The molecule has 2 aromatic rings. The average molecular weight is 483 g/mol. The number of ether oxygens (including phenoxy) is 1. The number of hydrogen-bond acceptors (Lipinski definition) is 7. The normalized spacial score (nSPS) is 14.3. The van der Waals surface area contributed by atoms with Crippen LogP contribution in [0.1, 0.15) is 12.5 Å². The number of alkyl halides is 3. The minimum absolute atomic E-state index is 0.112. The summed E-state index contributed by atoms with van der Waals surface area (Å²) >= 11 is 1.31. The third-order valence-electron chi connectivity index (χ3n) is 4.55. The first-order chi connectivity index (χ1) is 15.5. The number of halogens is 3. The lowest BCUT2D eigenvalue weighted by Crippen LogP contribution is -2.41. The van der Waals surface area contributed by atoms with Gasteiger partial charge in [-0.3, -0.25) is 29.4 Å². The molecule has 0 saturated heterocycles. The topological polar surface area (TPSA) is 119 Å². The van der Waals surface area contributed by atoms with Crippen molar-refractivity contribution in [1.82, 2.24) is 0 Å². The van der Waals surface area contributed by atoms with Crippen LogP contribution in [0.4, 0.5) is 30.2 Å². The summed E-state index contributed by atoms with van der Waals surface area (Å²) < 4.78 is 44.8. The van der Waals surface area contributed by atoms with Crippen LogP contribution in [0.25, 0.3) is 0 Å². The molecule has 9 nitrogen and oxygen atoms in total. The molecule has 3 rings (SSSR count). The van der Waals surface area contributed by atoms with Crippen molar-refractivity contribution in [1.29, 1.82) is 0 Å². The standard InChI is InChI=1S/C20H16F3N3O6S/c1-11(19(29)24-14-7-6-12(26(30)31)8-13(14)20(21,22)23)32-18(28)9-25-15-4-2-3-5-16(15)33-10-17(25)27/h2-8,11H,9-10H2,1H3,(H,24,29). The van der Waals surface area contributed by atoms with Crippen molar-refractivity contribution in [3.63, 3.8) is 0 Å². The van der Waals surface area contributed by atoms with Gasteiger partial charge in [-0.2, -0.15) is 13.2 Å². The maximum atomic E-state index is 13.3. The second-order valence-corrected chi connectivity index (χ2v) is 7.86. The van der Waals surface area contributed by atoms with Crippen LogP contribution in [0.3, 0.4) is 0 Å². The summed E-state index contributed by atoms with van der Waals surface area (Å²) in [6, 6.07) is 8.74. The molecule has 0 radical (unpaired) electrons. The number of carbonyl (C=O) groups excluding carboxylic acids is 3. The number of benzene rings is 2. The smallest absolute Gasteiger partial charge is 0.418 e. The van der Waals surface area contributed by atoms with Crippen LogP contribution < -0.4 is 10.2 Å². The van der Waals surface area contributed by atoms with Gasteiger partial charge in [0.05, 0.1) is 27.6 Å². The molecule has 0 spiro atoms. The molecular weight excluding hydrogens is 467 g/mol. The number of hydrogen-bond donors (Lipinski definition) is 1. The molecule has 1 N–H and O–H groups in total. The fourth-order valence-electron chi connectivity index (χ4n) is 2.97. The Bertz CT molecular complexity index is 1120. The highest BCUT2D eigenvalue weighted by molar-refractivity contribution is 8.00. The van der Waals surface area contributed by atoms with Gasteiger partial charge in [-0.25, -0.2) is 0 Å². The Labute approximate surface area is 189 Å². The van der Waals surface area contributed by atoms with Gasteiger partial charge >= 0.3 is 12.1 Å². The van der Waals surface area contributed by atoms with Gasteiger partial charge in [-0.05, 0) is 25.1 Å². The van der Waals surface area contributed by atoms with Gasteiger partial charge in [0.1, 0.15) is 6.54 Å². The molecule has 2 aromatic carbocycles. The highest BCUT2D eigenvalue weighted by atomic mass is 32.2.